The van der Waals surface area contributed by atoms with Crippen LogP contribution in [-0.4, -0.2) is 0 Å². The fourth-order valence-corrected chi connectivity index (χ4v) is 12.5. The van der Waals surface area contributed by atoms with E-state index >= 15 is 0 Å². The van der Waals surface area contributed by atoms with Crippen LogP contribution in [0.2, 0.25) is 0 Å². The van der Waals surface area contributed by atoms with Gasteiger partial charge in [0.25, 0.3) is 0 Å². The summed E-state index contributed by atoms with van der Waals surface area (Å²) in [6, 6.07) is 95.9. The summed E-state index contributed by atoms with van der Waals surface area (Å²) in [6.07, 6.45) is 0. The molecule has 14 rings (SSSR count). The smallest absolute Gasteiger partial charge is 0.0622 e. The first-order chi connectivity index (χ1) is 33.2. The van der Waals surface area contributed by atoms with E-state index in [1.54, 1.807) is 0 Å². The van der Waals surface area contributed by atoms with Gasteiger partial charge in [0.2, 0.25) is 0 Å². The summed E-state index contributed by atoms with van der Waals surface area (Å²) < 4.78 is 0. The normalized spacial score (nSPS) is 15.6. The van der Waals surface area contributed by atoms with E-state index in [4.69, 9.17) is 0 Å². The van der Waals surface area contributed by atoms with Gasteiger partial charge in [-0.15, -0.1) is 0 Å². The molecule has 3 aliphatic carbocycles. The second-order valence-electron chi connectivity index (χ2n) is 18.6. The molecule has 11 aromatic carbocycles. The lowest BCUT2D eigenvalue weighted by molar-refractivity contribution is 0.768. The Labute approximate surface area is 392 Å². The minimum Gasteiger partial charge on any atom is -0.0622 e. The van der Waals surface area contributed by atoms with Crippen LogP contribution in [-0.2, 0) is 5.41 Å². The Kier molecular flexibility index (Phi) is 8.43. The van der Waals surface area contributed by atoms with Gasteiger partial charge in [-0.05, 0) is 134 Å². The zero-order chi connectivity index (χ0) is 44.1. The molecule has 0 saturated carbocycles. The van der Waals surface area contributed by atoms with Crippen molar-refractivity contribution in [3.63, 3.8) is 0 Å². The Hall–Kier alpha value is -8.32. The molecule has 2 unspecified atom stereocenters. The summed E-state index contributed by atoms with van der Waals surface area (Å²) in [7, 11) is 0. The summed E-state index contributed by atoms with van der Waals surface area (Å²) >= 11 is 0. The summed E-state index contributed by atoms with van der Waals surface area (Å²) in [4.78, 5) is 0. The Morgan fingerprint density at radius 1 is 0.254 bits per heavy atom. The minimum absolute atomic E-state index is 0.0869. The van der Waals surface area contributed by atoms with Crippen molar-refractivity contribution in [3.05, 3.63) is 310 Å². The number of hydrogen-bond donors (Lipinski definition) is 0. The molecule has 0 bridgehead atoms. The summed E-state index contributed by atoms with van der Waals surface area (Å²) in [6.45, 7) is 0. The Balaban J connectivity index is 0.980. The van der Waals surface area contributed by atoms with Crippen LogP contribution in [0.25, 0.3) is 66.4 Å². The van der Waals surface area contributed by atoms with Crippen LogP contribution in [0.5, 0.6) is 0 Å². The third-order valence-corrected chi connectivity index (χ3v) is 15.3. The third-order valence-electron chi connectivity index (χ3n) is 15.3. The highest BCUT2D eigenvalue weighted by molar-refractivity contribution is 6.01. The first-order valence-electron chi connectivity index (χ1n) is 23.6. The summed E-state index contributed by atoms with van der Waals surface area (Å²) in [5.74, 6) is 0.250. The van der Waals surface area contributed by atoms with E-state index in [1.807, 2.05) is 0 Å². The second-order valence-corrected chi connectivity index (χ2v) is 18.6. The van der Waals surface area contributed by atoms with Crippen LogP contribution in [0.3, 0.4) is 0 Å². The molecular weight excluding hydrogens is 805 g/mol. The summed E-state index contributed by atoms with van der Waals surface area (Å²) in [5.41, 5.74) is 25.9. The number of benzene rings is 11. The first-order valence-corrected chi connectivity index (χ1v) is 23.6. The van der Waals surface area contributed by atoms with Gasteiger partial charge < -0.3 is 0 Å². The molecule has 0 amide bonds. The van der Waals surface area contributed by atoms with E-state index in [0.29, 0.717) is 0 Å². The molecule has 0 saturated heterocycles. The van der Waals surface area contributed by atoms with E-state index in [9.17, 15) is 0 Å². The van der Waals surface area contributed by atoms with Gasteiger partial charge in [0.05, 0.1) is 5.41 Å². The Morgan fingerprint density at radius 3 is 1.55 bits per heavy atom. The van der Waals surface area contributed by atoms with E-state index in [0.717, 1.165) is 0 Å². The van der Waals surface area contributed by atoms with Crippen molar-refractivity contribution in [2.45, 2.75) is 17.3 Å². The molecule has 11 aromatic rings. The molecule has 67 heavy (non-hydrogen) atoms. The predicted molar refractivity (Wildman–Crippen MR) is 278 cm³/mol. The minimum atomic E-state index is -0.479. The maximum absolute atomic E-state index is 2.52. The van der Waals surface area contributed by atoms with Gasteiger partial charge in [0, 0.05) is 11.8 Å². The monoisotopic (exact) mass is 848 g/mol. The molecule has 0 nitrogen and oxygen atoms in total. The zero-order valence-corrected chi connectivity index (χ0v) is 36.9. The van der Waals surface area contributed by atoms with E-state index in [-0.39, 0.29) is 11.8 Å². The first kappa shape index (κ1) is 38.0. The van der Waals surface area contributed by atoms with Crippen LogP contribution < -0.4 is 0 Å². The molecule has 0 N–H and O–H groups in total. The molecule has 0 radical (unpaired) electrons. The van der Waals surface area contributed by atoms with Crippen LogP contribution in [0, 0.1) is 0 Å². The largest absolute Gasteiger partial charge is 0.0713 e. The number of rotatable bonds is 6. The van der Waals surface area contributed by atoms with E-state index in [1.165, 1.54) is 122 Å². The van der Waals surface area contributed by atoms with Crippen molar-refractivity contribution in [3.8, 4) is 55.6 Å². The number of fused-ring (bicyclic) bond motifs is 11. The van der Waals surface area contributed by atoms with E-state index < -0.39 is 5.41 Å². The fraction of sp³-hybridized carbons (Fsp3) is 0.0448. The van der Waals surface area contributed by atoms with Gasteiger partial charge in [0.1, 0.15) is 0 Å². The lowest BCUT2D eigenvalue weighted by Gasteiger charge is -2.34. The maximum atomic E-state index is 2.52. The van der Waals surface area contributed by atoms with Crippen molar-refractivity contribution < 1.29 is 0 Å². The quantitative estimate of drug-likeness (QED) is 0.156. The average molecular weight is 849 g/mol. The fourth-order valence-electron chi connectivity index (χ4n) is 12.5. The second kappa shape index (κ2) is 14.9. The summed E-state index contributed by atoms with van der Waals surface area (Å²) in [5, 5.41) is 2.54. The highest BCUT2D eigenvalue weighted by Gasteiger charge is 2.48. The molecule has 0 aromatic heterocycles. The van der Waals surface area contributed by atoms with Crippen LogP contribution in [0.4, 0.5) is 0 Å². The number of hydrogen-bond acceptors (Lipinski definition) is 0. The highest BCUT2D eigenvalue weighted by Crippen LogP contribution is 2.62. The van der Waals surface area contributed by atoms with Gasteiger partial charge in [-0.25, -0.2) is 0 Å². The molecule has 312 valence electrons. The molecule has 0 heteroatoms. The SMILES string of the molecule is c1ccc(-c2cccc(C3c4ccccc4-c4cc(-c5ccc6c(c5)-c5c(ccc7c5-c5ccccc5C7(c5ccccc5)c5ccccc5)C6c5ccc6ccccc6c5)ccc43)c2)cc1. The van der Waals surface area contributed by atoms with Crippen LogP contribution >= 0.6 is 0 Å². The van der Waals surface area contributed by atoms with Gasteiger partial charge in [-0.3, -0.25) is 0 Å². The van der Waals surface area contributed by atoms with Crippen molar-refractivity contribution in [2.75, 3.05) is 0 Å². The van der Waals surface area contributed by atoms with Crippen molar-refractivity contribution in [1.82, 2.24) is 0 Å². The van der Waals surface area contributed by atoms with Crippen molar-refractivity contribution in [1.29, 1.82) is 0 Å². The molecule has 3 aliphatic rings. The standard InChI is InChI=1S/C67H44/c1-4-17-43(18-5-1)46-21-16-22-49(39-46)63-54-28-13-12-27-53(54)59-41-47(33-35-55(59)63)48-34-36-56-60(42-48)65-58(64(56)50-32-31-44-19-10-11-20-45(44)40-50)37-38-62-66(65)57-29-14-15-30-61(57)67(62,51-23-6-2-7-24-51)52-25-8-3-9-26-52/h1-42,63-64H. The lowest BCUT2D eigenvalue weighted by atomic mass is 9.67. The average Bonchev–Trinajstić information content (AvgIpc) is 4.03. The molecule has 2 atom stereocenters. The maximum Gasteiger partial charge on any atom is 0.0713 e. The highest BCUT2D eigenvalue weighted by atomic mass is 14.5. The molecule has 0 spiro atoms. The topological polar surface area (TPSA) is 0 Å². The Morgan fingerprint density at radius 2 is 0.791 bits per heavy atom. The van der Waals surface area contributed by atoms with Crippen LogP contribution in [0.15, 0.2) is 255 Å². The molecule has 0 heterocycles. The van der Waals surface area contributed by atoms with E-state index in [2.05, 4.69) is 255 Å². The molecule has 0 aliphatic heterocycles. The van der Waals surface area contributed by atoms with Crippen molar-refractivity contribution in [2.24, 2.45) is 0 Å². The molecular formula is C67H44. The predicted octanol–water partition coefficient (Wildman–Crippen LogP) is 16.9. The molecule has 0 fully saturated rings. The van der Waals surface area contributed by atoms with Gasteiger partial charge >= 0.3 is 0 Å². The van der Waals surface area contributed by atoms with Crippen molar-refractivity contribution >= 4 is 10.8 Å². The third kappa shape index (κ3) is 5.60. The Bertz CT molecular complexity index is 3710. The van der Waals surface area contributed by atoms with Crippen LogP contribution in [0.1, 0.15) is 67.5 Å². The van der Waals surface area contributed by atoms with Gasteiger partial charge in [-0.2, -0.15) is 0 Å². The lowest BCUT2D eigenvalue weighted by Crippen LogP contribution is -2.28. The van der Waals surface area contributed by atoms with Gasteiger partial charge in [0.15, 0.2) is 0 Å². The zero-order valence-electron chi connectivity index (χ0n) is 36.9. The van der Waals surface area contributed by atoms with Gasteiger partial charge in [-0.1, -0.05) is 243 Å².